The molecule has 2 N–H and O–H groups in total. The fraction of sp³-hybridized carbons (Fsp3) is 0.462. The highest BCUT2D eigenvalue weighted by atomic mass is 16.5. The minimum atomic E-state index is -0.209. The number of anilines is 1. The lowest BCUT2D eigenvalue weighted by molar-refractivity contribution is 0.0394. The van der Waals surface area contributed by atoms with Gasteiger partial charge in [-0.3, -0.25) is 20.0 Å². The lowest BCUT2D eigenvalue weighted by Crippen LogP contribution is -2.39. The van der Waals surface area contributed by atoms with Gasteiger partial charge in [0.1, 0.15) is 5.75 Å². The Morgan fingerprint density at radius 2 is 1.82 bits per heavy atom. The van der Waals surface area contributed by atoms with E-state index >= 15 is 0 Å². The van der Waals surface area contributed by atoms with Gasteiger partial charge in [-0.2, -0.15) is 0 Å². The molecule has 3 rings (SSSR count). The van der Waals surface area contributed by atoms with Crippen molar-refractivity contribution in [3.8, 4) is 5.75 Å². The standard InChI is InChI=1S/C26H36N4O3/c1-19-6-11-23(32-5)22(18-19)28-25(27-12-13-30-14-16-33-17-15-30)29-24(31)20-7-9-21(10-8-20)26(2,3)4/h6-11,18H,12-17H2,1-5H3,(H2,27,28,29,31). The number of methoxy groups -OCH3 is 1. The van der Waals surface area contributed by atoms with Crippen LogP contribution in [0.1, 0.15) is 42.3 Å². The number of morpholine rings is 1. The number of hydrogen-bond donors (Lipinski definition) is 2. The molecule has 7 heteroatoms. The molecule has 1 aliphatic heterocycles. The predicted molar refractivity (Wildman–Crippen MR) is 134 cm³/mol. The van der Waals surface area contributed by atoms with Crippen LogP contribution in [0.4, 0.5) is 5.69 Å². The molecule has 1 saturated heterocycles. The summed E-state index contributed by atoms with van der Waals surface area (Å²) in [6.45, 7) is 13.1. The van der Waals surface area contributed by atoms with Crippen LogP contribution in [0.5, 0.6) is 5.75 Å². The molecule has 0 atom stereocenters. The third-order valence-corrected chi connectivity index (χ3v) is 5.64. The van der Waals surface area contributed by atoms with Crippen LogP contribution >= 0.6 is 0 Å². The molecule has 0 aromatic heterocycles. The van der Waals surface area contributed by atoms with Crippen LogP contribution in [0.2, 0.25) is 0 Å². The van der Waals surface area contributed by atoms with Gasteiger partial charge < -0.3 is 14.8 Å². The average molecular weight is 453 g/mol. The van der Waals surface area contributed by atoms with Gasteiger partial charge in [-0.25, -0.2) is 0 Å². The predicted octanol–water partition coefficient (Wildman–Crippen LogP) is 3.83. The molecule has 2 aromatic rings. The van der Waals surface area contributed by atoms with E-state index in [9.17, 15) is 4.79 Å². The fourth-order valence-electron chi connectivity index (χ4n) is 3.59. The Morgan fingerprint density at radius 1 is 1.12 bits per heavy atom. The van der Waals surface area contributed by atoms with Gasteiger partial charge in [0.15, 0.2) is 0 Å². The van der Waals surface area contributed by atoms with Crippen molar-refractivity contribution >= 4 is 17.6 Å². The zero-order valence-corrected chi connectivity index (χ0v) is 20.4. The highest BCUT2D eigenvalue weighted by Gasteiger charge is 2.16. The molecule has 0 aliphatic carbocycles. The molecule has 0 spiro atoms. The minimum absolute atomic E-state index is 0.0321. The van der Waals surface area contributed by atoms with Crippen LogP contribution < -0.4 is 15.4 Å². The smallest absolute Gasteiger partial charge is 0.257 e. The third kappa shape index (κ3) is 7.30. The Kier molecular flexibility index (Phi) is 8.47. The molecular weight excluding hydrogens is 416 g/mol. The van der Waals surface area contributed by atoms with Gasteiger partial charge in [-0.1, -0.05) is 39.0 Å². The maximum Gasteiger partial charge on any atom is 0.257 e. The number of nitrogens with one attached hydrogen (secondary N) is 2. The highest BCUT2D eigenvalue weighted by molar-refractivity contribution is 6.10. The Labute approximate surface area is 197 Å². The van der Waals surface area contributed by atoms with Crippen LogP contribution in [-0.2, 0) is 10.2 Å². The summed E-state index contributed by atoms with van der Waals surface area (Å²) >= 11 is 0. The second-order valence-electron chi connectivity index (χ2n) is 9.29. The molecule has 0 unspecified atom stereocenters. The largest absolute Gasteiger partial charge is 0.495 e. The number of aryl methyl sites for hydroxylation is 1. The molecule has 33 heavy (non-hydrogen) atoms. The van der Waals surface area contributed by atoms with Gasteiger partial charge >= 0.3 is 0 Å². The number of aliphatic imine (C=N–C) groups is 1. The quantitative estimate of drug-likeness (QED) is 0.515. The lowest BCUT2D eigenvalue weighted by atomic mass is 9.87. The van der Waals surface area contributed by atoms with Gasteiger partial charge in [-0.15, -0.1) is 0 Å². The number of hydrogen-bond acceptors (Lipinski definition) is 5. The number of rotatable bonds is 6. The van der Waals surface area contributed by atoms with Gasteiger partial charge in [-0.05, 0) is 47.7 Å². The van der Waals surface area contributed by atoms with Crippen LogP contribution in [0, 0.1) is 6.92 Å². The number of carbonyl (C=O) groups excluding carboxylic acids is 1. The van der Waals surface area contributed by atoms with E-state index in [0.717, 1.165) is 44.1 Å². The van der Waals surface area contributed by atoms with E-state index in [0.29, 0.717) is 23.8 Å². The zero-order valence-electron chi connectivity index (χ0n) is 20.4. The van der Waals surface area contributed by atoms with Crippen LogP contribution in [0.15, 0.2) is 47.5 Å². The summed E-state index contributed by atoms with van der Waals surface area (Å²) in [5, 5.41) is 6.21. The first-order chi connectivity index (χ1) is 15.8. The first-order valence-electron chi connectivity index (χ1n) is 11.4. The summed E-state index contributed by atoms with van der Waals surface area (Å²) in [6.07, 6.45) is 0. The van der Waals surface area contributed by atoms with Crippen molar-refractivity contribution in [3.05, 3.63) is 59.2 Å². The number of guanidine groups is 1. The Balaban J connectivity index is 1.76. The zero-order chi connectivity index (χ0) is 23.8. The summed E-state index contributed by atoms with van der Waals surface area (Å²) in [5.41, 5.74) is 3.63. The van der Waals surface area contributed by atoms with E-state index in [-0.39, 0.29) is 11.3 Å². The normalized spacial score (nSPS) is 15.2. The highest BCUT2D eigenvalue weighted by Crippen LogP contribution is 2.25. The number of amides is 1. The van der Waals surface area contributed by atoms with Crippen LogP contribution in [0.3, 0.4) is 0 Å². The molecular formula is C26H36N4O3. The van der Waals surface area contributed by atoms with E-state index in [2.05, 4.69) is 41.3 Å². The molecule has 1 fully saturated rings. The SMILES string of the molecule is COc1ccc(C)cc1NC(=NCCN1CCOCC1)NC(=O)c1ccc(C(C)(C)C)cc1. The maximum atomic E-state index is 13.0. The lowest BCUT2D eigenvalue weighted by Gasteiger charge is -2.25. The van der Waals surface area contributed by atoms with Crippen molar-refractivity contribution in [1.82, 2.24) is 10.2 Å². The van der Waals surface area contributed by atoms with Crippen molar-refractivity contribution in [2.75, 3.05) is 51.8 Å². The summed E-state index contributed by atoms with van der Waals surface area (Å²) in [4.78, 5) is 20.0. The molecule has 0 radical (unpaired) electrons. The number of benzene rings is 2. The molecule has 0 saturated carbocycles. The molecule has 2 aromatic carbocycles. The van der Waals surface area contributed by atoms with Gasteiger partial charge in [0.2, 0.25) is 5.96 Å². The summed E-state index contributed by atoms with van der Waals surface area (Å²) in [7, 11) is 1.63. The average Bonchev–Trinajstić information content (AvgIpc) is 2.79. The first-order valence-corrected chi connectivity index (χ1v) is 11.4. The molecule has 1 aliphatic rings. The summed E-state index contributed by atoms with van der Waals surface area (Å²) < 4.78 is 10.9. The van der Waals surface area contributed by atoms with Crippen molar-refractivity contribution < 1.29 is 14.3 Å². The summed E-state index contributed by atoms with van der Waals surface area (Å²) in [5.74, 6) is 0.877. The Hall–Kier alpha value is -2.90. The molecule has 1 heterocycles. The van der Waals surface area contributed by atoms with Crippen molar-refractivity contribution in [3.63, 3.8) is 0 Å². The molecule has 178 valence electrons. The van der Waals surface area contributed by atoms with E-state index in [1.54, 1.807) is 7.11 Å². The number of carbonyl (C=O) groups is 1. The van der Waals surface area contributed by atoms with Crippen LogP contribution in [-0.4, -0.2) is 63.3 Å². The van der Waals surface area contributed by atoms with E-state index in [4.69, 9.17) is 9.47 Å². The second-order valence-corrected chi connectivity index (χ2v) is 9.29. The van der Waals surface area contributed by atoms with E-state index in [1.165, 1.54) is 5.56 Å². The summed E-state index contributed by atoms with van der Waals surface area (Å²) in [6, 6.07) is 13.6. The monoisotopic (exact) mass is 452 g/mol. The molecule has 7 nitrogen and oxygen atoms in total. The maximum absolute atomic E-state index is 13.0. The fourth-order valence-corrected chi connectivity index (χ4v) is 3.59. The molecule has 1 amide bonds. The third-order valence-electron chi connectivity index (χ3n) is 5.64. The van der Waals surface area contributed by atoms with Crippen LogP contribution in [0.25, 0.3) is 0 Å². The van der Waals surface area contributed by atoms with E-state index in [1.807, 2.05) is 49.4 Å². The number of nitrogens with zero attached hydrogens (tertiary/aromatic N) is 2. The number of ether oxygens (including phenoxy) is 2. The van der Waals surface area contributed by atoms with Gasteiger partial charge in [0, 0.05) is 25.2 Å². The van der Waals surface area contributed by atoms with Gasteiger partial charge in [0.05, 0.1) is 32.6 Å². The first kappa shape index (κ1) is 24.7. The van der Waals surface area contributed by atoms with Crippen molar-refractivity contribution in [2.45, 2.75) is 33.1 Å². The minimum Gasteiger partial charge on any atom is -0.495 e. The van der Waals surface area contributed by atoms with Crippen molar-refractivity contribution in [1.29, 1.82) is 0 Å². The van der Waals surface area contributed by atoms with Gasteiger partial charge in [0.25, 0.3) is 5.91 Å². The van der Waals surface area contributed by atoms with Crippen molar-refractivity contribution in [2.24, 2.45) is 4.99 Å². The Bertz CT molecular complexity index is 958. The van der Waals surface area contributed by atoms with E-state index < -0.39 is 0 Å². The Morgan fingerprint density at radius 3 is 2.45 bits per heavy atom. The second kappa shape index (κ2) is 11.3. The topological polar surface area (TPSA) is 75.2 Å². The molecule has 0 bridgehead atoms.